The van der Waals surface area contributed by atoms with Crippen LogP contribution in [0.15, 0.2) is 11.6 Å². The molecule has 1 unspecified atom stereocenters. The van der Waals surface area contributed by atoms with Gasteiger partial charge in [-0.25, -0.2) is 0 Å². The number of ether oxygens (including phenoxy) is 2. The zero-order chi connectivity index (χ0) is 16.1. The van der Waals surface area contributed by atoms with Crippen LogP contribution < -0.4 is 0 Å². The van der Waals surface area contributed by atoms with Crippen molar-refractivity contribution >= 4 is 0 Å². The highest BCUT2D eigenvalue weighted by Crippen LogP contribution is 2.23. The Hall–Kier alpha value is -0.940. The molecular formula is C16H24O6. The fourth-order valence-corrected chi connectivity index (χ4v) is 2.56. The number of hydrogen-bond acceptors (Lipinski definition) is 6. The predicted octanol–water partition coefficient (Wildman–Crippen LogP) is -0.305. The molecule has 0 aromatic carbocycles. The summed E-state index contributed by atoms with van der Waals surface area (Å²) in [5.74, 6) is 6.00. The van der Waals surface area contributed by atoms with Crippen molar-refractivity contribution in [1.29, 1.82) is 0 Å². The smallest absolute Gasteiger partial charge is 0.188 e. The number of allylic oxidation sites excluding steroid dienone is 2. The lowest BCUT2D eigenvalue weighted by Crippen LogP contribution is -2.59. The van der Waals surface area contributed by atoms with E-state index < -0.39 is 43.4 Å². The van der Waals surface area contributed by atoms with Crippen LogP contribution in [0.2, 0.25) is 0 Å². The Balaban J connectivity index is 1.94. The lowest BCUT2D eigenvalue weighted by atomic mass is 9.99. The third kappa shape index (κ3) is 4.29. The van der Waals surface area contributed by atoms with E-state index in [4.69, 9.17) is 14.6 Å². The van der Waals surface area contributed by atoms with Crippen LogP contribution in [0.25, 0.3) is 0 Å². The van der Waals surface area contributed by atoms with Crippen LogP contribution >= 0.6 is 0 Å². The summed E-state index contributed by atoms with van der Waals surface area (Å²) in [6.07, 6.45) is -0.344. The Morgan fingerprint density at radius 3 is 2.68 bits per heavy atom. The molecule has 0 saturated carbocycles. The van der Waals surface area contributed by atoms with Crippen LogP contribution in [0.3, 0.4) is 0 Å². The highest BCUT2D eigenvalue weighted by atomic mass is 16.7. The molecule has 6 heteroatoms. The Bertz CT molecular complexity index is 449. The van der Waals surface area contributed by atoms with Crippen LogP contribution in [0.1, 0.15) is 32.6 Å². The number of aliphatic hydroxyl groups is 4. The van der Waals surface area contributed by atoms with Crippen molar-refractivity contribution in [2.75, 3.05) is 6.61 Å². The second-order valence-electron chi connectivity index (χ2n) is 5.72. The molecule has 0 radical (unpaired) electrons. The van der Waals surface area contributed by atoms with E-state index in [1.807, 2.05) is 0 Å². The molecule has 1 fully saturated rings. The number of aliphatic hydroxyl groups excluding tert-OH is 4. The van der Waals surface area contributed by atoms with Crippen molar-refractivity contribution in [3.63, 3.8) is 0 Å². The SMILES string of the molecule is CC(C#CC1=CCCCC1)O[C@@H]1O[C@H](CO)[C@@H](O)[C@H](O)[C@H]1O. The van der Waals surface area contributed by atoms with Crippen molar-refractivity contribution in [2.24, 2.45) is 0 Å². The first kappa shape index (κ1) is 17.4. The van der Waals surface area contributed by atoms with Crippen LogP contribution in [0, 0.1) is 11.8 Å². The highest BCUT2D eigenvalue weighted by Gasteiger charge is 2.44. The fourth-order valence-electron chi connectivity index (χ4n) is 2.56. The maximum absolute atomic E-state index is 9.89. The third-order valence-corrected chi connectivity index (χ3v) is 3.91. The molecule has 6 atom stereocenters. The molecule has 0 bridgehead atoms. The maximum atomic E-state index is 9.89. The van der Waals surface area contributed by atoms with Gasteiger partial charge in [-0.3, -0.25) is 0 Å². The van der Waals surface area contributed by atoms with Crippen molar-refractivity contribution in [2.45, 2.75) is 69.4 Å². The molecule has 0 spiro atoms. The van der Waals surface area contributed by atoms with E-state index in [0.29, 0.717) is 0 Å². The summed E-state index contributed by atoms with van der Waals surface area (Å²) in [4.78, 5) is 0. The summed E-state index contributed by atoms with van der Waals surface area (Å²) in [5, 5.41) is 38.4. The molecule has 0 aromatic rings. The van der Waals surface area contributed by atoms with Gasteiger partial charge in [0.15, 0.2) is 6.29 Å². The van der Waals surface area contributed by atoms with E-state index >= 15 is 0 Å². The Kier molecular flexibility index (Phi) is 6.38. The first-order chi connectivity index (χ1) is 10.5. The average Bonchev–Trinajstić information content (AvgIpc) is 2.54. The predicted molar refractivity (Wildman–Crippen MR) is 78.6 cm³/mol. The first-order valence-electron chi connectivity index (χ1n) is 7.69. The minimum Gasteiger partial charge on any atom is -0.394 e. The Labute approximate surface area is 130 Å². The van der Waals surface area contributed by atoms with E-state index in [-0.39, 0.29) is 0 Å². The van der Waals surface area contributed by atoms with Crippen LogP contribution in [0.5, 0.6) is 0 Å². The summed E-state index contributed by atoms with van der Waals surface area (Å²) >= 11 is 0. The third-order valence-electron chi connectivity index (χ3n) is 3.91. The highest BCUT2D eigenvalue weighted by molar-refractivity contribution is 5.30. The summed E-state index contributed by atoms with van der Waals surface area (Å²) in [7, 11) is 0. The van der Waals surface area contributed by atoms with Crippen molar-refractivity contribution in [1.82, 2.24) is 0 Å². The maximum Gasteiger partial charge on any atom is 0.188 e. The van der Waals surface area contributed by atoms with Gasteiger partial charge in [-0.1, -0.05) is 17.9 Å². The van der Waals surface area contributed by atoms with Crippen LogP contribution in [-0.4, -0.2) is 63.8 Å². The summed E-state index contributed by atoms with van der Waals surface area (Å²) < 4.78 is 10.8. The molecule has 1 saturated heterocycles. The van der Waals surface area contributed by atoms with Crippen molar-refractivity contribution in [3.05, 3.63) is 11.6 Å². The largest absolute Gasteiger partial charge is 0.394 e. The normalized spacial score (nSPS) is 37.0. The molecule has 2 aliphatic rings. The molecule has 0 aromatic heterocycles. The second-order valence-corrected chi connectivity index (χ2v) is 5.72. The summed E-state index contributed by atoms with van der Waals surface area (Å²) in [6, 6.07) is 0. The number of rotatable bonds is 3. The monoisotopic (exact) mass is 312 g/mol. The lowest BCUT2D eigenvalue weighted by Gasteiger charge is -2.40. The Morgan fingerprint density at radius 2 is 2.05 bits per heavy atom. The Morgan fingerprint density at radius 1 is 1.27 bits per heavy atom. The van der Waals surface area contributed by atoms with E-state index in [2.05, 4.69) is 17.9 Å². The van der Waals surface area contributed by atoms with E-state index in [0.717, 1.165) is 24.8 Å². The molecule has 124 valence electrons. The van der Waals surface area contributed by atoms with Gasteiger partial charge in [0.2, 0.25) is 0 Å². The van der Waals surface area contributed by atoms with Crippen molar-refractivity contribution < 1.29 is 29.9 Å². The van der Waals surface area contributed by atoms with Gasteiger partial charge in [0.25, 0.3) is 0 Å². The van der Waals surface area contributed by atoms with Gasteiger partial charge in [0, 0.05) is 0 Å². The van der Waals surface area contributed by atoms with Gasteiger partial charge in [-0.2, -0.15) is 0 Å². The fraction of sp³-hybridized carbons (Fsp3) is 0.750. The van der Waals surface area contributed by atoms with Gasteiger partial charge < -0.3 is 29.9 Å². The van der Waals surface area contributed by atoms with Crippen LogP contribution in [-0.2, 0) is 9.47 Å². The lowest BCUT2D eigenvalue weighted by molar-refractivity contribution is -0.305. The van der Waals surface area contributed by atoms with Gasteiger partial charge in [0.1, 0.15) is 30.5 Å². The molecule has 4 N–H and O–H groups in total. The molecule has 0 amide bonds. The molecule has 1 heterocycles. The minimum absolute atomic E-state index is 0.474. The van der Waals surface area contributed by atoms with E-state index in [1.54, 1.807) is 6.92 Å². The topological polar surface area (TPSA) is 99.4 Å². The molecule has 22 heavy (non-hydrogen) atoms. The van der Waals surface area contributed by atoms with E-state index in [9.17, 15) is 15.3 Å². The molecule has 1 aliphatic carbocycles. The molecular weight excluding hydrogens is 288 g/mol. The zero-order valence-electron chi connectivity index (χ0n) is 12.7. The van der Waals surface area contributed by atoms with Gasteiger partial charge in [-0.15, -0.1) is 0 Å². The van der Waals surface area contributed by atoms with Gasteiger partial charge in [0.05, 0.1) is 6.61 Å². The summed E-state index contributed by atoms with van der Waals surface area (Å²) in [5.41, 5.74) is 1.09. The standard InChI is InChI=1S/C16H24O6/c1-10(7-8-11-5-3-2-4-6-11)21-16-15(20)14(19)13(18)12(9-17)22-16/h5,10,12-20H,2-4,6,9H2,1H3/t10?,12-,13-,14+,15-,16-/m1/s1. The van der Waals surface area contributed by atoms with Crippen molar-refractivity contribution in [3.8, 4) is 11.8 Å². The zero-order valence-corrected chi connectivity index (χ0v) is 12.7. The minimum atomic E-state index is -1.43. The molecule has 1 aliphatic heterocycles. The second kappa shape index (κ2) is 8.06. The molecule has 2 rings (SSSR count). The first-order valence-corrected chi connectivity index (χ1v) is 7.69. The van der Waals surface area contributed by atoms with Crippen LogP contribution in [0.4, 0.5) is 0 Å². The average molecular weight is 312 g/mol. The number of hydrogen-bond donors (Lipinski definition) is 4. The van der Waals surface area contributed by atoms with Gasteiger partial charge in [-0.05, 0) is 38.2 Å². The summed E-state index contributed by atoms with van der Waals surface area (Å²) in [6.45, 7) is 1.25. The van der Waals surface area contributed by atoms with E-state index in [1.165, 1.54) is 6.42 Å². The molecule has 6 nitrogen and oxygen atoms in total. The quantitative estimate of drug-likeness (QED) is 0.534. The van der Waals surface area contributed by atoms with Gasteiger partial charge >= 0.3 is 0 Å².